The van der Waals surface area contributed by atoms with Crippen molar-refractivity contribution in [1.29, 1.82) is 0 Å². The number of rotatable bonds is 5. The molecule has 3 N–H and O–H groups in total. The highest BCUT2D eigenvalue weighted by Crippen LogP contribution is 2.10. The number of carbonyl (C=O) groups is 1. The van der Waals surface area contributed by atoms with Gasteiger partial charge in [-0.1, -0.05) is 51.1 Å². The van der Waals surface area contributed by atoms with Gasteiger partial charge in [-0.05, 0) is 17.4 Å². The molecule has 0 fully saturated rings. The largest absolute Gasteiger partial charge is 0.394 e. The van der Waals surface area contributed by atoms with E-state index in [0.717, 1.165) is 5.56 Å². The van der Waals surface area contributed by atoms with Gasteiger partial charge in [0.1, 0.15) is 0 Å². The van der Waals surface area contributed by atoms with Crippen molar-refractivity contribution in [3.8, 4) is 0 Å². The molecule has 1 unspecified atom stereocenters. The van der Waals surface area contributed by atoms with Crippen LogP contribution in [0.5, 0.6) is 0 Å². The highest BCUT2D eigenvalue weighted by atomic mass is 16.3. The van der Waals surface area contributed by atoms with E-state index in [9.17, 15) is 9.90 Å². The van der Waals surface area contributed by atoms with E-state index >= 15 is 0 Å². The average Bonchev–Trinajstić information content (AvgIpc) is 2.36. The maximum Gasteiger partial charge on any atom is 0.315 e. The number of aliphatic hydroxyl groups is 1. The maximum atomic E-state index is 11.7. The summed E-state index contributed by atoms with van der Waals surface area (Å²) in [5.41, 5.74) is 1.14. The molecule has 0 saturated carbocycles. The molecule has 106 valence electrons. The zero-order chi connectivity index (χ0) is 14.3. The average molecular weight is 264 g/mol. The van der Waals surface area contributed by atoms with Crippen LogP contribution in [0.2, 0.25) is 0 Å². The maximum absolute atomic E-state index is 11.7. The molecular weight excluding hydrogens is 240 g/mol. The molecule has 0 heterocycles. The van der Waals surface area contributed by atoms with Crippen LogP contribution in [0.15, 0.2) is 30.3 Å². The number of carbonyl (C=O) groups excluding carboxylic acids is 1. The summed E-state index contributed by atoms with van der Waals surface area (Å²) in [4.78, 5) is 11.7. The summed E-state index contributed by atoms with van der Waals surface area (Å²) in [7, 11) is 0. The van der Waals surface area contributed by atoms with Crippen molar-refractivity contribution in [2.45, 2.75) is 33.2 Å². The SMILES string of the molecule is CC(C)(C)CNC(=O)NC(CO)Cc1ccccc1. The zero-order valence-corrected chi connectivity index (χ0v) is 11.9. The lowest BCUT2D eigenvalue weighted by Gasteiger charge is -2.21. The lowest BCUT2D eigenvalue weighted by atomic mass is 9.97. The molecule has 1 aromatic rings. The molecular formula is C15H24N2O2. The molecule has 0 aliphatic heterocycles. The molecule has 1 atom stereocenters. The molecule has 4 nitrogen and oxygen atoms in total. The molecule has 4 heteroatoms. The molecule has 0 aromatic heterocycles. The second-order valence-electron chi connectivity index (χ2n) is 5.96. The zero-order valence-electron chi connectivity index (χ0n) is 11.9. The number of aliphatic hydroxyl groups excluding tert-OH is 1. The van der Waals surface area contributed by atoms with Gasteiger partial charge in [-0.3, -0.25) is 0 Å². The fourth-order valence-corrected chi connectivity index (χ4v) is 1.64. The second-order valence-corrected chi connectivity index (χ2v) is 5.96. The van der Waals surface area contributed by atoms with E-state index in [0.29, 0.717) is 13.0 Å². The normalized spacial score (nSPS) is 12.8. The molecule has 1 rings (SSSR count). The Morgan fingerprint density at radius 3 is 2.42 bits per heavy atom. The van der Waals surface area contributed by atoms with E-state index < -0.39 is 0 Å². The lowest BCUT2D eigenvalue weighted by Crippen LogP contribution is -2.46. The van der Waals surface area contributed by atoms with Gasteiger partial charge < -0.3 is 15.7 Å². The van der Waals surface area contributed by atoms with Crippen molar-refractivity contribution in [3.63, 3.8) is 0 Å². The van der Waals surface area contributed by atoms with Gasteiger partial charge in [-0.25, -0.2) is 4.79 Å². The molecule has 0 spiro atoms. The van der Waals surface area contributed by atoms with Gasteiger partial charge in [0.05, 0.1) is 12.6 Å². The summed E-state index contributed by atoms with van der Waals surface area (Å²) >= 11 is 0. The molecule has 19 heavy (non-hydrogen) atoms. The first kappa shape index (κ1) is 15.5. The summed E-state index contributed by atoms with van der Waals surface area (Å²) in [6.45, 7) is 6.70. The van der Waals surface area contributed by atoms with Crippen LogP contribution < -0.4 is 10.6 Å². The molecule has 2 amide bonds. The number of amides is 2. The minimum Gasteiger partial charge on any atom is -0.394 e. The first-order valence-electron chi connectivity index (χ1n) is 6.60. The van der Waals surface area contributed by atoms with Crippen molar-refractivity contribution in [3.05, 3.63) is 35.9 Å². The summed E-state index contributed by atoms with van der Waals surface area (Å²) in [6.07, 6.45) is 0.625. The van der Waals surface area contributed by atoms with Gasteiger partial charge >= 0.3 is 6.03 Å². The van der Waals surface area contributed by atoms with E-state index in [1.165, 1.54) is 0 Å². The smallest absolute Gasteiger partial charge is 0.315 e. The molecule has 0 bridgehead atoms. The van der Waals surface area contributed by atoms with Crippen LogP contribution in [-0.4, -0.2) is 30.3 Å². The lowest BCUT2D eigenvalue weighted by molar-refractivity contribution is 0.212. The number of hydrogen-bond donors (Lipinski definition) is 3. The van der Waals surface area contributed by atoms with Crippen molar-refractivity contribution >= 4 is 6.03 Å². The molecule has 0 aliphatic rings. The van der Waals surface area contributed by atoms with Gasteiger partial charge in [0.15, 0.2) is 0 Å². The van der Waals surface area contributed by atoms with E-state index in [-0.39, 0.29) is 24.1 Å². The third-order valence-electron chi connectivity index (χ3n) is 2.66. The van der Waals surface area contributed by atoms with Crippen LogP contribution in [0.3, 0.4) is 0 Å². The Hall–Kier alpha value is -1.55. The van der Waals surface area contributed by atoms with E-state index in [1.54, 1.807) is 0 Å². The topological polar surface area (TPSA) is 61.4 Å². The van der Waals surface area contributed by atoms with Crippen molar-refractivity contribution in [1.82, 2.24) is 10.6 Å². The minimum atomic E-state index is -0.262. The van der Waals surface area contributed by atoms with E-state index in [1.807, 2.05) is 30.3 Å². The Balaban J connectivity index is 2.42. The third-order valence-corrected chi connectivity index (χ3v) is 2.66. The summed E-state index contributed by atoms with van der Waals surface area (Å²) in [5, 5.41) is 14.9. The first-order chi connectivity index (χ1) is 8.90. The quantitative estimate of drug-likeness (QED) is 0.761. The van der Waals surface area contributed by atoms with Crippen LogP contribution in [0.4, 0.5) is 4.79 Å². The fraction of sp³-hybridized carbons (Fsp3) is 0.533. The number of benzene rings is 1. The minimum absolute atomic E-state index is 0.0471. The molecule has 0 saturated heterocycles. The Morgan fingerprint density at radius 1 is 1.26 bits per heavy atom. The van der Waals surface area contributed by atoms with Gasteiger partial charge in [0.2, 0.25) is 0 Å². The van der Waals surface area contributed by atoms with E-state index in [2.05, 4.69) is 31.4 Å². The van der Waals surface area contributed by atoms with Crippen molar-refractivity contribution < 1.29 is 9.90 Å². The number of hydrogen-bond acceptors (Lipinski definition) is 2. The number of nitrogens with one attached hydrogen (secondary N) is 2. The van der Waals surface area contributed by atoms with Crippen molar-refractivity contribution in [2.24, 2.45) is 5.41 Å². The predicted molar refractivity (Wildman–Crippen MR) is 77.0 cm³/mol. The monoisotopic (exact) mass is 264 g/mol. The fourth-order valence-electron chi connectivity index (χ4n) is 1.64. The third kappa shape index (κ3) is 6.82. The van der Waals surface area contributed by atoms with Crippen LogP contribution in [0.25, 0.3) is 0 Å². The van der Waals surface area contributed by atoms with Crippen LogP contribution in [0, 0.1) is 5.41 Å². The Labute approximate surface area is 115 Å². The van der Waals surface area contributed by atoms with Crippen LogP contribution in [-0.2, 0) is 6.42 Å². The molecule has 0 aliphatic carbocycles. The summed E-state index contributed by atoms with van der Waals surface area (Å²) < 4.78 is 0. The molecule has 1 aromatic carbocycles. The highest BCUT2D eigenvalue weighted by molar-refractivity contribution is 5.74. The first-order valence-corrected chi connectivity index (χ1v) is 6.60. The summed E-state index contributed by atoms with van der Waals surface area (Å²) in [5.74, 6) is 0. The standard InChI is InChI=1S/C15H24N2O2/c1-15(2,3)11-16-14(19)17-13(10-18)9-12-7-5-4-6-8-12/h4-8,13,18H,9-11H2,1-3H3,(H2,16,17,19). The highest BCUT2D eigenvalue weighted by Gasteiger charge is 2.15. The Morgan fingerprint density at radius 2 is 1.89 bits per heavy atom. The van der Waals surface area contributed by atoms with Gasteiger partial charge in [0.25, 0.3) is 0 Å². The Kier molecular flexibility index (Phi) is 5.83. The number of urea groups is 1. The summed E-state index contributed by atoms with van der Waals surface area (Å²) in [6, 6.07) is 9.31. The van der Waals surface area contributed by atoms with Crippen molar-refractivity contribution in [2.75, 3.05) is 13.2 Å². The van der Waals surface area contributed by atoms with Gasteiger partial charge in [0, 0.05) is 6.54 Å². The Bertz CT molecular complexity index is 385. The predicted octanol–water partition coefficient (Wildman–Crippen LogP) is 1.94. The second kappa shape index (κ2) is 7.14. The van der Waals surface area contributed by atoms with Gasteiger partial charge in [-0.2, -0.15) is 0 Å². The van der Waals surface area contributed by atoms with E-state index in [4.69, 9.17) is 0 Å². The van der Waals surface area contributed by atoms with Crippen LogP contribution in [0.1, 0.15) is 26.3 Å². The molecule has 0 radical (unpaired) electrons. The van der Waals surface area contributed by atoms with Crippen LogP contribution >= 0.6 is 0 Å². The van der Waals surface area contributed by atoms with Gasteiger partial charge in [-0.15, -0.1) is 0 Å².